The summed E-state index contributed by atoms with van der Waals surface area (Å²) < 4.78 is 44.4. The lowest BCUT2D eigenvalue weighted by Crippen LogP contribution is -2.00. The lowest BCUT2D eigenvalue weighted by molar-refractivity contribution is 0.104. The van der Waals surface area contributed by atoms with Crippen LogP contribution in [0.15, 0.2) is 89.8 Å². The van der Waals surface area contributed by atoms with Gasteiger partial charge in [0.25, 0.3) is 0 Å². The second-order valence-electron chi connectivity index (χ2n) is 8.05. The van der Waals surface area contributed by atoms with Gasteiger partial charge in [-0.3, -0.25) is 4.98 Å². The van der Waals surface area contributed by atoms with Crippen LogP contribution < -0.4 is 0 Å². The second-order valence-corrected chi connectivity index (χ2v) is 11.1. The first kappa shape index (κ1) is 23.3. The standard InChI is InChI=1S/C27H21FN2O3S2/c1-35(31,32)24-9-5-3-7-22(24)26-27(19-10-13-20(28)14-11-19)34-25(30-26)17-33-16-21-15-12-18-6-2-4-8-23(18)29-21/h2-15H,16-17H2,1H3. The third-order valence-electron chi connectivity index (χ3n) is 5.45. The highest BCUT2D eigenvalue weighted by atomic mass is 32.2. The van der Waals surface area contributed by atoms with Crippen LogP contribution in [0.4, 0.5) is 4.39 Å². The molecule has 0 fully saturated rings. The smallest absolute Gasteiger partial charge is 0.176 e. The Bertz CT molecular complexity index is 1610. The van der Waals surface area contributed by atoms with Gasteiger partial charge in [0.1, 0.15) is 10.8 Å². The quantitative estimate of drug-likeness (QED) is 0.261. The van der Waals surface area contributed by atoms with Gasteiger partial charge in [-0.1, -0.05) is 54.6 Å². The topological polar surface area (TPSA) is 69.2 Å². The zero-order valence-electron chi connectivity index (χ0n) is 18.8. The van der Waals surface area contributed by atoms with Gasteiger partial charge in [0.15, 0.2) is 9.84 Å². The average Bonchev–Trinajstić information content (AvgIpc) is 3.28. The molecule has 2 aromatic heterocycles. The van der Waals surface area contributed by atoms with Crippen molar-refractivity contribution in [2.75, 3.05) is 6.26 Å². The van der Waals surface area contributed by atoms with Crippen LogP contribution in [0.3, 0.4) is 0 Å². The summed E-state index contributed by atoms with van der Waals surface area (Å²) >= 11 is 1.40. The number of fused-ring (bicyclic) bond motifs is 1. The fourth-order valence-electron chi connectivity index (χ4n) is 3.82. The van der Waals surface area contributed by atoms with Gasteiger partial charge in [0, 0.05) is 17.2 Å². The first-order valence-corrected chi connectivity index (χ1v) is 13.6. The van der Waals surface area contributed by atoms with E-state index in [0.717, 1.165) is 27.0 Å². The van der Waals surface area contributed by atoms with E-state index in [1.54, 1.807) is 36.4 Å². The lowest BCUT2D eigenvalue weighted by Gasteiger charge is -2.08. The van der Waals surface area contributed by atoms with Crippen LogP contribution >= 0.6 is 11.3 Å². The summed E-state index contributed by atoms with van der Waals surface area (Å²) in [5, 5.41) is 1.75. The molecule has 0 amide bonds. The third-order valence-corrected chi connectivity index (χ3v) is 7.68. The molecule has 0 bridgehead atoms. The molecule has 35 heavy (non-hydrogen) atoms. The minimum Gasteiger partial charge on any atom is -0.368 e. The maximum absolute atomic E-state index is 13.6. The highest BCUT2D eigenvalue weighted by Gasteiger charge is 2.21. The summed E-state index contributed by atoms with van der Waals surface area (Å²) in [6.07, 6.45) is 1.18. The Morgan fingerprint density at radius 1 is 0.857 bits per heavy atom. The van der Waals surface area contributed by atoms with Crippen molar-refractivity contribution in [1.82, 2.24) is 9.97 Å². The number of para-hydroxylation sites is 1. The summed E-state index contributed by atoms with van der Waals surface area (Å²) in [6.45, 7) is 0.542. The molecule has 0 atom stereocenters. The number of hydrogen-bond acceptors (Lipinski definition) is 6. The van der Waals surface area contributed by atoms with E-state index in [2.05, 4.69) is 4.98 Å². The van der Waals surface area contributed by atoms with E-state index >= 15 is 0 Å². The van der Waals surface area contributed by atoms with Gasteiger partial charge in [-0.05, 0) is 35.9 Å². The van der Waals surface area contributed by atoms with Crippen molar-refractivity contribution in [1.29, 1.82) is 0 Å². The van der Waals surface area contributed by atoms with E-state index in [-0.39, 0.29) is 17.3 Å². The molecule has 176 valence electrons. The molecule has 0 radical (unpaired) electrons. The number of benzene rings is 3. The third kappa shape index (κ3) is 5.14. The fourth-order valence-corrected chi connectivity index (χ4v) is 5.73. The molecule has 0 aliphatic carbocycles. The molecule has 5 aromatic rings. The largest absolute Gasteiger partial charge is 0.368 e. The van der Waals surface area contributed by atoms with E-state index < -0.39 is 9.84 Å². The summed E-state index contributed by atoms with van der Waals surface area (Å²) in [4.78, 5) is 10.3. The number of pyridine rings is 1. The number of hydrogen-bond donors (Lipinski definition) is 0. The molecule has 5 nitrogen and oxygen atoms in total. The summed E-state index contributed by atoms with van der Waals surface area (Å²) in [5.74, 6) is -0.345. The average molecular weight is 505 g/mol. The number of rotatable bonds is 7. The van der Waals surface area contributed by atoms with E-state index in [1.807, 2.05) is 36.4 Å². The van der Waals surface area contributed by atoms with Gasteiger partial charge in [-0.25, -0.2) is 17.8 Å². The van der Waals surface area contributed by atoms with Gasteiger partial charge in [-0.2, -0.15) is 0 Å². The predicted molar refractivity (Wildman–Crippen MR) is 136 cm³/mol. The predicted octanol–water partition coefficient (Wildman–Crippen LogP) is 6.28. The number of nitrogens with zero attached hydrogens (tertiary/aromatic N) is 2. The van der Waals surface area contributed by atoms with Crippen molar-refractivity contribution in [2.24, 2.45) is 0 Å². The van der Waals surface area contributed by atoms with E-state index in [4.69, 9.17) is 9.72 Å². The van der Waals surface area contributed by atoms with Crippen molar-refractivity contribution < 1.29 is 17.5 Å². The number of sulfone groups is 1. The monoisotopic (exact) mass is 504 g/mol. The molecule has 2 heterocycles. The van der Waals surface area contributed by atoms with Crippen molar-refractivity contribution >= 4 is 32.1 Å². The number of thiazole rings is 1. The van der Waals surface area contributed by atoms with Crippen molar-refractivity contribution in [3.05, 3.63) is 101 Å². The summed E-state index contributed by atoms with van der Waals surface area (Å²) in [7, 11) is -3.48. The number of halogens is 1. The summed E-state index contributed by atoms with van der Waals surface area (Å²) in [5.41, 5.74) is 3.51. The van der Waals surface area contributed by atoms with Gasteiger partial charge < -0.3 is 4.74 Å². The fraction of sp³-hybridized carbons (Fsp3) is 0.111. The SMILES string of the molecule is CS(=O)(=O)c1ccccc1-c1nc(COCc2ccc3ccccc3n2)sc1-c1ccc(F)cc1. The second kappa shape index (κ2) is 9.65. The van der Waals surface area contributed by atoms with E-state index in [9.17, 15) is 12.8 Å². The molecule has 8 heteroatoms. The Labute approximate surface area is 206 Å². The maximum Gasteiger partial charge on any atom is 0.176 e. The first-order valence-electron chi connectivity index (χ1n) is 10.9. The molecule has 0 N–H and O–H groups in total. The van der Waals surface area contributed by atoms with Crippen LogP contribution in [0.25, 0.3) is 32.6 Å². The highest BCUT2D eigenvalue weighted by molar-refractivity contribution is 7.90. The molecule has 0 aliphatic heterocycles. The first-order chi connectivity index (χ1) is 16.9. The maximum atomic E-state index is 13.6. The Hall–Kier alpha value is -3.46. The molecular formula is C27H21FN2O3S2. The number of aromatic nitrogens is 2. The van der Waals surface area contributed by atoms with Crippen LogP contribution in [0, 0.1) is 5.82 Å². The molecule has 3 aromatic carbocycles. The lowest BCUT2D eigenvalue weighted by atomic mass is 10.1. The van der Waals surface area contributed by atoms with Crippen LogP contribution in [0.2, 0.25) is 0 Å². The molecule has 0 spiro atoms. The van der Waals surface area contributed by atoms with Crippen LogP contribution in [0.1, 0.15) is 10.7 Å². The highest BCUT2D eigenvalue weighted by Crippen LogP contribution is 2.39. The Morgan fingerprint density at radius 2 is 1.60 bits per heavy atom. The number of ether oxygens (including phenoxy) is 1. The molecule has 0 unspecified atom stereocenters. The minimum absolute atomic E-state index is 0.196. The van der Waals surface area contributed by atoms with E-state index in [1.165, 1.54) is 29.7 Å². The molecule has 0 saturated heterocycles. The van der Waals surface area contributed by atoms with E-state index in [0.29, 0.717) is 22.9 Å². The molecular weight excluding hydrogens is 483 g/mol. The zero-order valence-corrected chi connectivity index (χ0v) is 20.4. The minimum atomic E-state index is -3.48. The Morgan fingerprint density at radius 3 is 2.40 bits per heavy atom. The Kier molecular flexibility index (Phi) is 6.42. The van der Waals surface area contributed by atoms with Gasteiger partial charge >= 0.3 is 0 Å². The zero-order chi connectivity index (χ0) is 24.4. The normalized spacial score (nSPS) is 11.7. The van der Waals surface area contributed by atoms with Crippen LogP contribution in [-0.2, 0) is 27.8 Å². The van der Waals surface area contributed by atoms with Gasteiger partial charge in [-0.15, -0.1) is 11.3 Å². The van der Waals surface area contributed by atoms with Crippen LogP contribution in [0.5, 0.6) is 0 Å². The molecule has 0 aliphatic rings. The van der Waals surface area contributed by atoms with Crippen molar-refractivity contribution in [3.63, 3.8) is 0 Å². The van der Waals surface area contributed by atoms with Crippen molar-refractivity contribution in [3.8, 4) is 21.7 Å². The van der Waals surface area contributed by atoms with Crippen LogP contribution in [-0.4, -0.2) is 24.6 Å². The molecule has 0 saturated carbocycles. The summed E-state index contributed by atoms with van der Waals surface area (Å²) in [6, 6.07) is 24.7. The van der Waals surface area contributed by atoms with Gasteiger partial charge in [0.05, 0.1) is 39.9 Å². The van der Waals surface area contributed by atoms with Crippen molar-refractivity contribution in [2.45, 2.75) is 18.1 Å². The Balaban J connectivity index is 1.46. The molecule has 5 rings (SSSR count). The van der Waals surface area contributed by atoms with Gasteiger partial charge in [0.2, 0.25) is 0 Å².